The molecule has 0 saturated carbocycles. The van der Waals surface area contributed by atoms with Crippen LogP contribution in [-0.2, 0) is 16.1 Å². The number of amides is 1. The number of thiazole rings is 1. The van der Waals surface area contributed by atoms with Gasteiger partial charge in [-0.2, -0.15) is 0 Å². The number of carboxylic acid groups (broad SMARTS) is 1. The van der Waals surface area contributed by atoms with Crippen LogP contribution in [0.15, 0.2) is 5.38 Å². The van der Waals surface area contributed by atoms with Crippen molar-refractivity contribution in [3.63, 3.8) is 0 Å². The van der Waals surface area contributed by atoms with E-state index in [1.807, 2.05) is 12.3 Å². The zero-order valence-electron chi connectivity index (χ0n) is 8.84. The van der Waals surface area contributed by atoms with Crippen molar-refractivity contribution < 1.29 is 14.7 Å². The Morgan fingerprint density at radius 3 is 3.06 bits per heavy atom. The lowest BCUT2D eigenvalue weighted by Gasteiger charge is -2.20. The minimum atomic E-state index is -0.933. The molecular weight excluding hydrogens is 228 g/mol. The Hall–Kier alpha value is -1.43. The number of aryl methyl sites for hydroxylation is 1. The highest BCUT2D eigenvalue weighted by atomic mass is 32.1. The highest BCUT2D eigenvalue weighted by molar-refractivity contribution is 7.09. The van der Waals surface area contributed by atoms with Crippen molar-refractivity contribution in [3.8, 4) is 0 Å². The number of rotatable bonds is 3. The second kappa shape index (κ2) is 4.21. The standard InChI is InChI=1S/C10H12N2O3S/c1-6-11-7(5-16-6)4-12-8(10(14)15)2-3-9(12)13/h5,8H,2-4H2,1H3,(H,14,15). The molecule has 1 aromatic heterocycles. The number of hydrogen-bond donors (Lipinski definition) is 1. The first-order valence-corrected chi connectivity index (χ1v) is 5.89. The van der Waals surface area contributed by atoms with E-state index in [4.69, 9.17) is 5.11 Å². The van der Waals surface area contributed by atoms with Gasteiger partial charge in [0.15, 0.2) is 0 Å². The van der Waals surface area contributed by atoms with Crippen LogP contribution >= 0.6 is 11.3 Å². The molecule has 1 aromatic rings. The lowest BCUT2D eigenvalue weighted by atomic mass is 10.2. The van der Waals surface area contributed by atoms with Gasteiger partial charge in [0.25, 0.3) is 0 Å². The molecule has 6 heteroatoms. The summed E-state index contributed by atoms with van der Waals surface area (Å²) in [6, 6.07) is -0.686. The van der Waals surface area contributed by atoms with Gasteiger partial charge in [0.1, 0.15) is 6.04 Å². The van der Waals surface area contributed by atoms with Crippen LogP contribution in [0.2, 0.25) is 0 Å². The van der Waals surface area contributed by atoms with Crippen LogP contribution in [0, 0.1) is 6.92 Å². The third-order valence-corrected chi connectivity index (χ3v) is 3.43. The van der Waals surface area contributed by atoms with E-state index in [1.54, 1.807) is 0 Å². The van der Waals surface area contributed by atoms with E-state index < -0.39 is 12.0 Å². The number of likely N-dealkylation sites (tertiary alicyclic amines) is 1. The summed E-state index contributed by atoms with van der Waals surface area (Å²) in [5.74, 6) is -1.03. The van der Waals surface area contributed by atoms with Crippen molar-refractivity contribution in [1.29, 1.82) is 0 Å². The molecule has 86 valence electrons. The average Bonchev–Trinajstić information content (AvgIpc) is 2.76. The van der Waals surface area contributed by atoms with Gasteiger partial charge in [-0.3, -0.25) is 4.79 Å². The Labute approximate surface area is 96.7 Å². The Bertz CT molecular complexity index is 429. The molecule has 1 atom stereocenters. The van der Waals surface area contributed by atoms with Crippen LogP contribution in [0.3, 0.4) is 0 Å². The van der Waals surface area contributed by atoms with Crippen LogP contribution in [0.4, 0.5) is 0 Å². The van der Waals surface area contributed by atoms with E-state index in [0.717, 1.165) is 10.7 Å². The molecule has 1 N–H and O–H groups in total. The zero-order chi connectivity index (χ0) is 11.7. The Morgan fingerprint density at radius 2 is 2.50 bits per heavy atom. The van der Waals surface area contributed by atoms with Gasteiger partial charge in [-0.1, -0.05) is 0 Å². The molecule has 2 heterocycles. The summed E-state index contributed by atoms with van der Waals surface area (Å²) in [5.41, 5.74) is 0.768. The van der Waals surface area contributed by atoms with Gasteiger partial charge in [-0.05, 0) is 13.3 Å². The summed E-state index contributed by atoms with van der Waals surface area (Å²) < 4.78 is 0. The lowest BCUT2D eigenvalue weighted by molar-refractivity contribution is -0.146. The number of carbonyl (C=O) groups excluding carboxylic acids is 1. The van der Waals surface area contributed by atoms with Gasteiger partial charge in [-0.15, -0.1) is 11.3 Å². The number of aromatic nitrogens is 1. The molecule has 1 saturated heterocycles. The maximum atomic E-state index is 11.5. The molecule has 1 aliphatic heterocycles. The summed E-state index contributed by atoms with van der Waals surface area (Å²) in [4.78, 5) is 28.1. The number of hydrogen-bond acceptors (Lipinski definition) is 4. The number of carboxylic acids is 1. The van der Waals surface area contributed by atoms with Crippen molar-refractivity contribution in [2.24, 2.45) is 0 Å². The maximum absolute atomic E-state index is 11.5. The van der Waals surface area contributed by atoms with E-state index in [9.17, 15) is 9.59 Å². The second-order valence-corrected chi connectivity index (χ2v) is 4.83. The molecule has 1 aliphatic rings. The summed E-state index contributed by atoms with van der Waals surface area (Å²) in [6.07, 6.45) is 0.720. The molecule has 0 radical (unpaired) electrons. The quantitative estimate of drug-likeness (QED) is 0.856. The van der Waals surface area contributed by atoms with Crippen molar-refractivity contribution in [3.05, 3.63) is 16.1 Å². The molecule has 0 spiro atoms. The SMILES string of the molecule is Cc1nc(CN2C(=O)CCC2C(=O)O)cs1. The normalized spacial score (nSPS) is 20.4. The third-order valence-electron chi connectivity index (χ3n) is 2.61. The van der Waals surface area contributed by atoms with Crippen LogP contribution < -0.4 is 0 Å². The summed E-state index contributed by atoms with van der Waals surface area (Å²) in [6.45, 7) is 2.19. The van der Waals surface area contributed by atoms with Crippen LogP contribution in [-0.4, -0.2) is 32.9 Å². The Kier molecular flexibility index (Phi) is 2.91. The molecule has 5 nitrogen and oxygen atoms in total. The third kappa shape index (κ3) is 2.06. The van der Waals surface area contributed by atoms with Crippen molar-refractivity contribution in [1.82, 2.24) is 9.88 Å². The molecule has 0 aromatic carbocycles. The smallest absolute Gasteiger partial charge is 0.326 e. The molecule has 2 rings (SSSR count). The first kappa shape index (κ1) is 11.1. The van der Waals surface area contributed by atoms with Gasteiger partial charge >= 0.3 is 5.97 Å². The number of carbonyl (C=O) groups is 2. The topological polar surface area (TPSA) is 70.5 Å². The fourth-order valence-corrected chi connectivity index (χ4v) is 2.45. The van der Waals surface area contributed by atoms with Crippen molar-refractivity contribution in [2.75, 3.05) is 0 Å². The monoisotopic (exact) mass is 240 g/mol. The highest BCUT2D eigenvalue weighted by Crippen LogP contribution is 2.22. The van der Waals surface area contributed by atoms with E-state index in [1.165, 1.54) is 16.2 Å². The van der Waals surface area contributed by atoms with Gasteiger partial charge in [0.2, 0.25) is 5.91 Å². The van der Waals surface area contributed by atoms with Gasteiger partial charge in [0.05, 0.1) is 17.2 Å². The minimum absolute atomic E-state index is 0.0990. The summed E-state index contributed by atoms with van der Waals surface area (Å²) in [7, 11) is 0. The molecule has 1 amide bonds. The van der Waals surface area contributed by atoms with Crippen molar-refractivity contribution >= 4 is 23.2 Å². The minimum Gasteiger partial charge on any atom is -0.480 e. The zero-order valence-corrected chi connectivity index (χ0v) is 9.66. The van der Waals surface area contributed by atoms with E-state index in [2.05, 4.69) is 4.98 Å². The van der Waals surface area contributed by atoms with Crippen LogP contribution in [0.1, 0.15) is 23.5 Å². The first-order chi connectivity index (χ1) is 7.58. The lowest BCUT2D eigenvalue weighted by Crippen LogP contribution is -2.37. The highest BCUT2D eigenvalue weighted by Gasteiger charge is 2.36. The molecular formula is C10H12N2O3S. The van der Waals surface area contributed by atoms with Crippen LogP contribution in [0.25, 0.3) is 0 Å². The fraction of sp³-hybridized carbons (Fsp3) is 0.500. The second-order valence-electron chi connectivity index (χ2n) is 3.77. The van der Waals surface area contributed by atoms with Crippen molar-refractivity contribution in [2.45, 2.75) is 32.4 Å². The van der Waals surface area contributed by atoms with Gasteiger partial charge < -0.3 is 10.0 Å². The predicted octanol–water partition coefficient (Wildman–Crippen LogP) is 1.03. The molecule has 1 fully saturated rings. The molecule has 16 heavy (non-hydrogen) atoms. The van der Waals surface area contributed by atoms with E-state index in [-0.39, 0.29) is 5.91 Å². The first-order valence-electron chi connectivity index (χ1n) is 5.01. The fourth-order valence-electron chi connectivity index (χ4n) is 1.84. The molecule has 0 bridgehead atoms. The van der Waals surface area contributed by atoms with Gasteiger partial charge in [0, 0.05) is 11.8 Å². The maximum Gasteiger partial charge on any atom is 0.326 e. The summed E-state index contributed by atoms with van der Waals surface area (Å²) in [5, 5.41) is 11.8. The summed E-state index contributed by atoms with van der Waals surface area (Å²) >= 11 is 1.50. The Balaban J connectivity index is 2.12. The molecule has 0 aliphatic carbocycles. The number of aliphatic carboxylic acids is 1. The van der Waals surface area contributed by atoms with E-state index in [0.29, 0.717) is 19.4 Å². The average molecular weight is 240 g/mol. The number of nitrogens with zero attached hydrogens (tertiary/aromatic N) is 2. The largest absolute Gasteiger partial charge is 0.480 e. The predicted molar refractivity (Wildman–Crippen MR) is 58.1 cm³/mol. The van der Waals surface area contributed by atoms with E-state index >= 15 is 0 Å². The van der Waals surface area contributed by atoms with Gasteiger partial charge in [-0.25, -0.2) is 9.78 Å². The van der Waals surface area contributed by atoms with Crippen LogP contribution in [0.5, 0.6) is 0 Å². The Morgan fingerprint density at radius 1 is 1.75 bits per heavy atom. The molecule has 1 unspecified atom stereocenters.